The van der Waals surface area contributed by atoms with Gasteiger partial charge in [0.25, 0.3) is 0 Å². The molecule has 1 aliphatic heterocycles. The van der Waals surface area contributed by atoms with Crippen molar-refractivity contribution in [3.05, 3.63) is 59.2 Å². The lowest BCUT2D eigenvalue weighted by Gasteiger charge is -2.18. The third-order valence-corrected chi connectivity index (χ3v) is 5.21. The summed E-state index contributed by atoms with van der Waals surface area (Å²) in [6, 6.07) is 11.3. The van der Waals surface area contributed by atoms with Crippen molar-refractivity contribution in [2.75, 3.05) is 40.4 Å². The first kappa shape index (κ1) is 24.6. The Morgan fingerprint density at radius 3 is 2.18 bits per heavy atom. The molecule has 10 heteroatoms. The summed E-state index contributed by atoms with van der Waals surface area (Å²) in [5.74, 6) is 0.141. The second-order valence-electron chi connectivity index (χ2n) is 7.94. The van der Waals surface area contributed by atoms with Crippen LogP contribution in [0.3, 0.4) is 0 Å². The molecule has 0 bridgehead atoms. The molecule has 0 atom stereocenters. The van der Waals surface area contributed by atoms with Crippen molar-refractivity contribution >= 4 is 23.7 Å². The van der Waals surface area contributed by atoms with Crippen LogP contribution in [0.4, 0.5) is 4.79 Å². The zero-order chi connectivity index (χ0) is 24.7. The van der Waals surface area contributed by atoms with Gasteiger partial charge >= 0.3 is 12.1 Å². The summed E-state index contributed by atoms with van der Waals surface area (Å²) in [4.78, 5) is 27.5. The second kappa shape index (κ2) is 11.2. The highest BCUT2D eigenvalue weighted by molar-refractivity contribution is 5.98. The number of hydrogen-bond acceptors (Lipinski definition) is 7. The maximum atomic E-state index is 12.4. The monoisotopic (exact) mass is 467 g/mol. The van der Waals surface area contributed by atoms with E-state index in [1.165, 1.54) is 17.0 Å². The Balaban J connectivity index is 1.55. The molecule has 0 aliphatic carbocycles. The molecule has 180 valence electrons. The van der Waals surface area contributed by atoms with Gasteiger partial charge in [-0.05, 0) is 43.2 Å². The summed E-state index contributed by atoms with van der Waals surface area (Å²) in [6.07, 6.45) is 1.59. The zero-order valence-electron chi connectivity index (χ0n) is 19.3. The Bertz CT molecular complexity index is 1060. The lowest BCUT2D eigenvalue weighted by Crippen LogP contribution is -2.27. The average Bonchev–Trinajstić information content (AvgIpc) is 3.37. The average molecular weight is 468 g/mol. The Hall–Kier alpha value is -4.08. The van der Waals surface area contributed by atoms with Gasteiger partial charge < -0.3 is 29.7 Å². The van der Waals surface area contributed by atoms with Gasteiger partial charge in [0.1, 0.15) is 24.9 Å². The molecule has 1 aliphatic rings. The molecule has 1 heterocycles. The molecule has 0 spiro atoms. The highest BCUT2D eigenvalue weighted by atomic mass is 16.6. The number of nitrogens with zero attached hydrogens (tertiary/aromatic N) is 2. The second-order valence-corrected chi connectivity index (χ2v) is 7.94. The molecular weight excluding hydrogens is 438 g/mol. The number of carbonyl (C=O) groups excluding carboxylic acids is 2. The van der Waals surface area contributed by atoms with Crippen LogP contribution < -0.4 is 15.2 Å². The van der Waals surface area contributed by atoms with E-state index < -0.39 is 12.1 Å². The number of esters is 1. The molecule has 3 rings (SSSR count). The Morgan fingerprint density at radius 2 is 1.56 bits per heavy atom. The third kappa shape index (κ3) is 6.25. The van der Waals surface area contributed by atoms with Crippen LogP contribution in [-0.4, -0.2) is 73.9 Å². The SMILES string of the molecule is CN(C)C(=O)Oc1ccc(C(=N)N)cc1OCCOC(=O)c1ccc(C(=N)N2CCCC2)cc1. The van der Waals surface area contributed by atoms with E-state index >= 15 is 0 Å². The van der Waals surface area contributed by atoms with Gasteiger partial charge in [0, 0.05) is 38.3 Å². The van der Waals surface area contributed by atoms with Gasteiger partial charge in [0.05, 0.1) is 5.56 Å². The van der Waals surface area contributed by atoms with Crippen LogP contribution in [0.5, 0.6) is 11.5 Å². The van der Waals surface area contributed by atoms with E-state index in [0.29, 0.717) is 17.0 Å². The van der Waals surface area contributed by atoms with Crippen molar-refractivity contribution in [1.82, 2.24) is 9.80 Å². The van der Waals surface area contributed by atoms with Crippen molar-refractivity contribution < 1.29 is 23.8 Å². The molecule has 1 saturated heterocycles. The molecule has 10 nitrogen and oxygen atoms in total. The number of nitrogens with one attached hydrogen (secondary N) is 2. The molecule has 34 heavy (non-hydrogen) atoms. The van der Waals surface area contributed by atoms with Crippen LogP contribution in [0.15, 0.2) is 42.5 Å². The minimum Gasteiger partial charge on any atom is -0.486 e. The minimum atomic E-state index is -0.590. The molecule has 1 fully saturated rings. The fourth-order valence-corrected chi connectivity index (χ4v) is 3.31. The number of ether oxygens (including phenoxy) is 3. The van der Waals surface area contributed by atoms with E-state index in [9.17, 15) is 9.59 Å². The number of amidine groups is 2. The molecule has 0 saturated carbocycles. The molecular formula is C24H29N5O5. The molecule has 0 aromatic heterocycles. The first-order valence-corrected chi connectivity index (χ1v) is 10.9. The minimum absolute atomic E-state index is 0.00268. The highest BCUT2D eigenvalue weighted by Gasteiger charge is 2.17. The van der Waals surface area contributed by atoms with Crippen molar-refractivity contribution in [2.45, 2.75) is 12.8 Å². The molecule has 4 N–H and O–H groups in total. The first-order valence-electron chi connectivity index (χ1n) is 10.9. The molecule has 1 amide bonds. The number of carbonyl (C=O) groups is 2. The quantitative estimate of drug-likeness (QED) is 0.234. The van der Waals surface area contributed by atoms with E-state index in [0.717, 1.165) is 31.5 Å². The topological polar surface area (TPSA) is 142 Å². The summed E-state index contributed by atoms with van der Waals surface area (Å²) in [5.41, 5.74) is 7.06. The molecule has 2 aromatic rings. The number of benzene rings is 2. The van der Waals surface area contributed by atoms with Gasteiger partial charge in [-0.25, -0.2) is 9.59 Å². The van der Waals surface area contributed by atoms with E-state index in [4.69, 9.17) is 30.8 Å². The molecule has 0 unspecified atom stereocenters. The fraction of sp³-hybridized carbons (Fsp3) is 0.333. The maximum Gasteiger partial charge on any atom is 0.414 e. The fourth-order valence-electron chi connectivity index (χ4n) is 3.31. The number of amides is 1. The normalized spacial score (nSPS) is 12.7. The van der Waals surface area contributed by atoms with Crippen molar-refractivity contribution in [1.29, 1.82) is 10.8 Å². The van der Waals surface area contributed by atoms with Crippen molar-refractivity contribution in [2.24, 2.45) is 5.73 Å². The van der Waals surface area contributed by atoms with Crippen LogP contribution in [0.25, 0.3) is 0 Å². The Morgan fingerprint density at radius 1 is 0.941 bits per heavy atom. The lowest BCUT2D eigenvalue weighted by molar-refractivity contribution is 0.0449. The number of nitrogens with two attached hydrogens (primary N) is 1. The summed E-state index contributed by atoms with van der Waals surface area (Å²) in [7, 11) is 3.10. The van der Waals surface area contributed by atoms with Crippen molar-refractivity contribution in [3.8, 4) is 11.5 Å². The molecule has 0 radical (unpaired) electrons. The lowest BCUT2D eigenvalue weighted by atomic mass is 10.1. The first-order chi connectivity index (χ1) is 16.3. The maximum absolute atomic E-state index is 12.4. The summed E-state index contributed by atoms with van der Waals surface area (Å²) >= 11 is 0. The standard InChI is InChI=1S/C24H29N5O5/c1-28(2)24(31)34-19-10-9-18(21(25)26)15-20(19)32-13-14-33-23(30)17-7-5-16(6-8-17)22(27)29-11-3-4-12-29/h5-10,15,27H,3-4,11-14H2,1-2H3,(H3,25,26). The van der Waals surface area contributed by atoms with Crippen LogP contribution in [-0.2, 0) is 4.74 Å². The zero-order valence-corrected chi connectivity index (χ0v) is 19.3. The predicted octanol–water partition coefficient (Wildman–Crippen LogP) is 2.69. The smallest absolute Gasteiger partial charge is 0.414 e. The third-order valence-electron chi connectivity index (χ3n) is 5.21. The van der Waals surface area contributed by atoms with Crippen LogP contribution in [0.1, 0.15) is 34.3 Å². The number of nitrogen functional groups attached to an aromatic ring is 1. The van der Waals surface area contributed by atoms with E-state index in [1.54, 1.807) is 44.4 Å². The van der Waals surface area contributed by atoms with E-state index in [2.05, 4.69) is 0 Å². The predicted molar refractivity (Wildman–Crippen MR) is 127 cm³/mol. The highest BCUT2D eigenvalue weighted by Crippen LogP contribution is 2.29. The van der Waals surface area contributed by atoms with Gasteiger partial charge in [0.2, 0.25) is 0 Å². The summed E-state index contributed by atoms with van der Waals surface area (Å²) < 4.78 is 16.2. The van der Waals surface area contributed by atoms with Gasteiger partial charge in [-0.3, -0.25) is 10.8 Å². The van der Waals surface area contributed by atoms with Gasteiger partial charge in [-0.1, -0.05) is 12.1 Å². The van der Waals surface area contributed by atoms with E-state index in [-0.39, 0.29) is 30.5 Å². The van der Waals surface area contributed by atoms with Crippen LogP contribution in [0, 0.1) is 10.8 Å². The number of hydrogen-bond donors (Lipinski definition) is 3. The number of rotatable bonds is 8. The van der Waals surface area contributed by atoms with Gasteiger partial charge in [-0.2, -0.15) is 0 Å². The summed E-state index contributed by atoms with van der Waals surface area (Å²) in [5, 5.41) is 15.9. The van der Waals surface area contributed by atoms with Gasteiger partial charge in [-0.15, -0.1) is 0 Å². The van der Waals surface area contributed by atoms with Crippen molar-refractivity contribution in [3.63, 3.8) is 0 Å². The van der Waals surface area contributed by atoms with Gasteiger partial charge in [0.15, 0.2) is 11.5 Å². The summed E-state index contributed by atoms with van der Waals surface area (Å²) in [6.45, 7) is 1.72. The Labute approximate surface area is 198 Å². The van der Waals surface area contributed by atoms with Crippen LogP contribution in [0.2, 0.25) is 0 Å². The largest absolute Gasteiger partial charge is 0.486 e. The van der Waals surface area contributed by atoms with E-state index in [1.807, 2.05) is 4.90 Å². The van der Waals surface area contributed by atoms with Crippen LogP contribution >= 0.6 is 0 Å². The Kier molecular flexibility index (Phi) is 8.07. The molecule has 2 aromatic carbocycles. The number of likely N-dealkylation sites (tertiary alicyclic amines) is 1.